The van der Waals surface area contributed by atoms with E-state index < -0.39 is 0 Å². The Labute approximate surface area is 147 Å². The average Bonchev–Trinajstić information content (AvgIpc) is 3.03. The number of halogens is 1. The number of hydrogen-bond acceptors (Lipinski definition) is 3. The summed E-state index contributed by atoms with van der Waals surface area (Å²) in [7, 11) is 0. The van der Waals surface area contributed by atoms with Gasteiger partial charge in [-0.25, -0.2) is 4.99 Å². The summed E-state index contributed by atoms with van der Waals surface area (Å²) >= 11 is 0. The Kier molecular flexibility index (Phi) is 6.17. The number of aliphatic imine (C=N–C) groups is 1. The maximum Gasteiger partial charge on any atom is 0.191 e. The second-order valence-corrected chi connectivity index (χ2v) is 5.17. The topological polar surface area (TPSA) is 72.3 Å². The summed E-state index contributed by atoms with van der Waals surface area (Å²) in [5, 5.41) is 8.12. The van der Waals surface area contributed by atoms with Crippen molar-refractivity contribution in [2.75, 3.05) is 13.1 Å². The summed E-state index contributed by atoms with van der Waals surface area (Å²) in [5.41, 5.74) is 7.10. The Balaban J connectivity index is 0.00000176. The van der Waals surface area contributed by atoms with Gasteiger partial charge in [0.25, 0.3) is 0 Å². The highest BCUT2D eigenvalue weighted by atomic mass is 127. The molecule has 0 amide bonds. The molecule has 0 spiro atoms. The molecular weight excluding hydrogens is 391 g/mol. The summed E-state index contributed by atoms with van der Waals surface area (Å²) in [6.07, 6.45) is 5.37. The summed E-state index contributed by atoms with van der Waals surface area (Å²) in [6, 6.07) is 10.0. The van der Waals surface area contributed by atoms with Crippen LogP contribution >= 0.6 is 24.0 Å². The summed E-state index contributed by atoms with van der Waals surface area (Å²) in [5.74, 6) is 1.40. The van der Waals surface area contributed by atoms with Crippen LogP contribution in [0.5, 0.6) is 0 Å². The second kappa shape index (κ2) is 8.11. The molecule has 2 aromatic rings. The lowest BCUT2D eigenvalue weighted by Gasteiger charge is -2.27. The molecule has 2 heterocycles. The Bertz CT molecular complexity index is 604. The summed E-state index contributed by atoms with van der Waals surface area (Å²) in [6.45, 7) is 2.44. The van der Waals surface area contributed by atoms with Crippen molar-refractivity contribution in [3.05, 3.63) is 42.5 Å². The smallest absolute Gasteiger partial charge is 0.191 e. The van der Waals surface area contributed by atoms with Gasteiger partial charge in [0, 0.05) is 18.8 Å². The van der Waals surface area contributed by atoms with Gasteiger partial charge in [0.2, 0.25) is 0 Å². The molecule has 1 aromatic heterocycles. The number of para-hydroxylation sites is 1. The minimum Gasteiger partial charge on any atom is -0.370 e. The zero-order valence-electron chi connectivity index (χ0n) is 12.4. The zero-order chi connectivity index (χ0) is 14.5. The lowest BCUT2D eigenvalue weighted by molar-refractivity contribution is 0.338. The van der Waals surface area contributed by atoms with Gasteiger partial charge in [-0.2, -0.15) is 0 Å². The molecule has 1 aliphatic heterocycles. The normalized spacial score (nSPS) is 15.5. The largest absolute Gasteiger partial charge is 0.370 e. The molecular formula is C15H21IN6. The molecule has 0 saturated carbocycles. The molecule has 0 radical (unpaired) electrons. The molecule has 1 fully saturated rings. The van der Waals surface area contributed by atoms with E-state index in [1.807, 2.05) is 34.9 Å². The fraction of sp³-hybridized carbons (Fsp3) is 0.400. The first-order chi connectivity index (χ1) is 10.3. The predicted molar refractivity (Wildman–Crippen MR) is 97.5 cm³/mol. The monoisotopic (exact) mass is 412 g/mol. The molecule has 3 rings (SSSR count). The first-order valence-electron chi connectivity index (χ1n) is 7.34. The molecule has 0 atom stereocenters. The minimum absolute atomic E-state index is 0. The van der Waals surface area contributed by atoms with Crippen molar-refractivity contribution >= 4 is 29.9 Å². The van der Waals surface area contributed by atoms with Crippen molar-refractivity contribution in [2.45, 2.75) is 25.8 Å². The first-order valence-corrected chi connectivity index (χ1v) is 7.34. The van der Waals surface area contributed by atoms with Crippen molar-refractivity contribution < 1.29 is 0 Å². The van der Waals surface area contributed by atoms with Gasteiger partial charge in [-0.1, -0.05) is 18.2 Å². The molecule has 1 aliphatic rings. The fourth-order valence-electron chi connectivity index (χ4n) is 2.55. The molecule has 7 heteroatoms. The molecule has 0 aliphatic carbocycles. The SMILES string of the molecule is I.NC(=NCc1nncn1-c1ccccc1)N1CCCCC1. The van der Waals surface area contributed by atoms with E-state index in [2.05, 4.69) is 20.1 Å². The molecule has 0 bridgehead atoms. The van der Waals surface area contributed by atoms with Gasteiger partial charge in [0.15, 0.2) is 11.8 Å². The molecule has 22 heavy (non-hydrogen) atoms. The van der Waals surface area contributed by atoms with Crippen molar-refractivity contribution in [3.8, 4) is 5.69 Å². The van der Waals surface area contributed by atoms with Gasteiger partial charge in [-0.15, -0.1) is 34.2 Å². The van der Waals surface area contributed by atoms with Gasteiger partial charge in [0.1, 0.15) is 12.9 Å². The van der Waals surface area contributed by atoms with Crippen molar-refractivity contribution in [3.63, 3.8) is 0 Å². The van der Waals surface area contributed by atoms with E-state index in [0.717, 1.165) is 24.6 Å². The second-order valence-electron chi connectivity index (χ2n) is 5.17. The van der Waals surface area contributed by atoms with Gasteiger partial charge in [0.05, 0.1) is 0 Å². The zero-order valence-corrected chi connectivity index (χ0v) is 14.8. The number of rotatable bonds is 3. The van der Waals surface area contributed by atoms with E-state index in [1.165, 1.54) is 19.3 Å². The molecule has 6 nitrogen and oxygen atoms in total. The Morgan fingerprint density at radius 3 is 2.59 bits per heavy atom. The lowest BCUT2D eigenvalue weighted by atomic mass is 10.1. The lowest BCUT2D eigenvalue weighted by Crippen LogP contribution is -2.40. The van der Waals surface area contributed by atoms with Gasteiger partial charge in [-0.05, 0) is 31.4 Å². The van der Waals surface area contributed by atoms with E-state index in [9.17, 15) is 0 Å². The maximum absolute atomic E-state index is 6.07. The van der Waals surface area contributed by atoms with Crippen LogP contribution in [0.15, 0.2) is 41.7 Å². The summed E-state index contributed by atoms with van der Waals surface area (Å²) < 4.78 is 1.94. The van der Waals surface area contributed by atoms with Crippen molar-refractivity contribution in [1.29, 1.82) is 0 Å². The van der Waals surface area contributed by atoms with E-state index in [4.69, 9.17) is 5.73 Å². The van der Waals surface area contributed by atoms with E-state index in [-0.39, 0.29) is 24.0 Å². The van der Waals surface area contributed by atoms with Crippen LogP contribution in [0.4, 0.5) is 0 Å². The Morgan fingerprint density at radius 1 is 1.14 bits per heavy atom. The number of guanidine groups is 1. The standard InChI is InChI=1S/C15H20N6.HI/c16-15(20-9-5-2-6-10-20)17-11-14-19-18-12-21(14)13-7-3-1-4-8-13;/h1,3-4,7-8,12H,2,5-6,9-11H2,(H2,16,17);1H. The van der Waals surface area contributed by atoms with Crippen LogP contribution in [0.25, 0.3) is 5.69 Å². The molecule has 1 saturated heterocycles. The number of nitrogens with zero attached hydrogens (tertiary/aromatic N) is 5. The van der Waals surface area contributed by atoms with Crippen LogP contribution < -0.4 is 5.73 Å². The van der Waals surface area contributed by atoms with Crippen LogP contribution in [0, 0.1) is 0 Å². The van der Waals surface area contributed by atoms with Crippen molar-refractivity contribution in [1.82, 2.24) is 19.7 Å². The third kappa shape index (κ3) is 3.96. The highest BCUT2D eigenvalue weighted by molar-refractivity contribution is 14.0. The highest BCUT2D eigenvalue weighted by Crippen LogP contribution is 2.11. The van der Waals surface area contributed by atoms with Crippen molar-refractivity contribution in [2.24, 2.45) is 10.7 Å². The van der Waals surface area contributed by atoms with Crippen LogP contribution in [0.2, 0.25) is 0 Å². The molecule has 0 unspecified atom stereocenters. The minimum atomic E-state index is 0. The van der Waals surface area contributed by atoms with E-state index in [0.29, 0.717) is 12.5 Å². The van der Waals surface area contributed by atoms with Gasteiger partial charge < -0.3 is 10.6 Å². The Hall–Kier alpha value is -1.64. The predicted octanol–water partition coefficient (Wildman–Crippen LogP) is 2.19. The van der Waals surface area contributed by atoms with E-state index in [1.54, 1.807) is 6.33 Å². The number of hydrogen-bond donors (Lipinski definition) is 1. The molecule has 2 N–H and O–H groups in total. The van der Waals surface area contributed by atoms with Gasteiger partial charge in [-0.3, -0.25) is 4.57 Å². The van der Waals surface area contributed by atoms with Crippen LogP contribution in [0.1, 0.15) is 25.1 Å². The third-order valence-electron chi connectivity index (χ3n) is 3.72. The highest BCUT2D eigenvalue weighted by Gasteiger charge is 2.12. The maximum atomic E-state index is 6.07. The van der Waals surface area contributed by atoms with Gasteiger partial charge >= 0.3 is 0 Å². The fourth-order valence-corrected chi connectivity index (χ4v) is 2.55. The number of piperidine rings is 1. The Morgan fingerprint density at radius 2 is 1.86 bits per heavy atom. The van der Waals surface area contributed by atoms with E-state index >= 15 is 0 Å². The molecule has 118 valence electrons. The number of aromatic nitrogens is 3. The van der Waals surface area contributed by atoms with Crippen LogP contribution in [-0.4, -0.2) is 38.7 Å². The molecule has 1 aromatic carbocycles. The number of likely N-dealkylation sites (tertiary alicyclic amines) is 1. The van der Waals surface area contributed by atoms with Crippen LogP contribution in [0.3, 0.4) is 0 Å². The average molecular weight is 412 g/mol. The first kappa shape index (κ1) is 16.7. The summed E-state index contributed by atoms with van der Waals surface area (Å²) in [4.78, 5) is 6.62. The number of nitrogens with two attached hydrogens (primary N) is 1. The quantitative estimate of drug-likeness (QED) is 0.477. The third-order valence-corrected chi connectivity index (χ3v) is 3.72. The number of benzene rings is 1. The van der Waals surface area contributed by atoms with Crippen LogP contribution in [-0.2, 0) is 6.54 Å².